The first-order chi connectivity index (χ1) is 13.8. The highest BCUT2D eigenvalue weighted by Gasteiger charge is 2.43. The van der Waals surface area contributed by atoms with Crippen molar-refractivity contribution in [3.63, 3.8) is 0 Å². The first-order valence-electron chi connectivity index (χ1n) is 10.5. The second-order valence-electron chi connectivity index (χ2n) is 8.70. The maximum Gasteiger partial charge on any atom is 0.258 e. The van der Waals surface area contributed by atoms with Crippen LogP contribution in [0.2, 0.25) is 0 Å². The molecule has 156 valence electrons. The van der Waals surface area contributed by atoms with E-state index < -0.39 is 5.72 Å². The number of ether oxygens (including phenoxy) is 1. The fourth-order valence-electron chi connectivity index (χ4n) is 4.53. The second-order valence-corrected chi connectivity index (χ2v) is 8.70. The Bertz CT molecular complexity index is 839. The summed E-state index contributed by atoms with van der Waals surface area (Å²) in [6.07, 6.45) is 3.26. The maximum absolute atomic E-state index is 12.7. The normalized spacial score (nSPS) is 27.2. The van der Waals surface area contributed by atoms with Crippen LogP contribution in [0.5, 0.6) is 5.75 Å². The summed E-state index contributed by atoms with van der Waals surface area (Å²) in [6, 6.07) is 5.54. The summed E-state index contributed by atoms with van der Waals surface area (Å²) in [5.74, 6) is 0.835. The molecule has 4 rings (SSSR count). The third kappa shape index (κ3) is 4.09. The molecule has 1 N–H and O–H groups in total. The molecule has 0 aliphatic carbocycles. The van der Waals surface area contributed by atoms with Gasteiger partial charge in [-0.2, -0.15) is 0 Å². The molecule has 29 heavy (non-hydrogen) atoms. The molecule has 2 saturated heterocycles. The Balaban J connectivity index is 1.44. The number of amides is 3. The van der Waals surface area contributed by atoms with Gasteiger partial charge >= 0.3 is 0 Å². The van der Waals surface area contributed by atoms with Crippen molar-refractivity contribution in [1.82, 2.24) is 15.1 Å². The summed E-state index contributed by atoms with van der Waals surface area (Å²) in [5.41, 5.74) is 0.621. The molecule has 0 unspecified atom stereocenters. The SMILES string of the molecule is Cc1ccc2c(c1)C(=O)N[C@@]1(CCC(=O)N(CC(=O)N3CCC[C@@H](C)C3)CC1)O2. The van der Waals surface area contributed by atoms with Crippen molar-refractivity contribution >= 4 is 17.7 Å². The van der Waals surface area contributed by atoms with Crippen molar-refractivity contribution in [2.75, 3.05) is 26.2 Å². The zero-order chi connectivity index (χ0) is 20.6. The molecule has 7 heteroatoms. The first-order valence-corrected chi connectivity index (χ1v) is 10.5. The van der Waals surface area contributed by atoms with Gasteiger partial charge in [0.2, 0.25) is 11.8 Å². The lowest BCUT2D eigenvalue weighted by molar-refractivity contribution is -0.141. The fraction of sp³-hybridized carbons (Fsp3) is 0.591. The van der Waals surface area contributed by atoms with E-state index in [1.165, 1.54) is 0 Å². The number of piperidine rings is 1. The summed E-state index contributed by atoms with van der Waals surface area (Å²) >= 11 is 0. The molecule has 0 saturated carbocycles. The Morgan fingerprint density at radius 3 is 2.90 bits per heavy atom. The Morgan fingerprint density at radius 1 is 1.28 bits per heavy atom. The molecule has 0 radical (unpaired) electrons. The van der Waals surface area contributed by atoms with Gasteiger partial charge in [-0.1, -0.05) is 18.6 Å². The van der Waals surface area contributed by atoms with E-state index in [0.717, 1.165) is 31.5 Å². The van der Waals surface area contributed by atoms with Gasteiger partial charge in [-0.3, -0.25) is 14.4 Å². The molecule has 3 aliphatic rings. The van der Waals surface area contributed by atoms with E-state index in [9.17, 15) is 14.4 Å². The molecule has 2 atom stereocenters. The third-order valence-electron chi connectivity index (χ3n) is 6.24. The number of nitrogens with one attached hydrogen (secondary N) is 1. The van der Waals surface area contributed by atoms with Gasteiger partial charge in [0.1, 0.15) is 5.75 Å². The van der Waals surface area contributed by atoms with Gasteiger partial charge in [0.25, 0.3) is 5.91 Å². The van der Waals surface area contributed by atoms with Crippen molar-refractivity contribution in [3.05, 3.63) is 29.3 Å². The molecule has 0 aromatic heterocycles. The lowest BCUT2D eigenvalue weighted by atomic mass is 9.99. The Morgan fingerprint density at radius 2 is 2.10 bits per heavy atom. The lowest BCUT2D eigenvalue weighted by Crippen LogP contribution is -2.56. The molecule has 7 nitrogen and oxygen atoms in total. The van der Waals surface area contributed by atoms with Crippen LogP contribution in [0, 0.1) is 12.8 Å². The van der Waals surface area contributed by atoms with Crippen LogP contribution in [0.4, 0.5) is 0 Å². The van der Waals surface area contributed by atoms with Crippen LogP contribution >= 0.6 is 0 Å². The minimum absolute atomic E-state index is 0.00951. The number of hydrogen-bond donors (Lipinski definition) is 1. The molecule has 3 heterocycles. The minimum Gasteiger partial charge on any atom is -0.467 e. The van der Waals surface area contributed by atoms with E-state index in [1.807, 2.05) is 30.0 Å². The molecular weight excluding hydrogens is 370 g/mol. The maximum atomic E-state index is 12.7. The Hall–Kier alpha value is -2.57. The van der Waals surface area contributed by atoms with E-state index in [4.69, 9.17) is 4.74 Å². The van der Waals surface area contributed by atoms with Crippen LogP contribution in [-0.4, -0.2) is 59.4 Å². The van der Waals surface area contributed by atoms with E-state index >= 15 is 0 Å². The number of rotatable bonds is 2. The van der Waals surface area contributed by atoms with Crippen LogP contribution in [0.1, 0.15) is 54.9 Å². The van der Waals surface area contributed by atoms with Crippen molar-refractivity contribution in [2.45, 2.75) is 51.7 Å². The average molecular weight is 399 g/mol. The monoisotopic (exact) mass is 399 g/mol. The topological polar surface area (TPSA) is 79.0 Å². The van der Waals surface area contributed by atoms with Gasteiger partial charge in [-0.05, 0) is 37.8 Å². The zero-order valence-corrected chi connectivity index (χ0v) is 17.2. The van der Waals surface area contributed by atoms with Crippen LogP contribution in [-0.2, 0) is 9.59 Å². The number of carbonyl (C=O) groups excluding carboxylic acids is 3. The number of carbonyl (C=O) groups is 3. The lowest BCUT2D eigenvalue weighted by Gasteiger charge is -2.38. The highest BCUT2D eigenvalue weighted by atomic mass is 16.5. The standard InChI is InChI=1S/C22H29N3O4/c1-15-5-6-18-17(12-15)21(28)23-22(29-18)8-7-19(26)25(11-9-22)14-20(27)24-10-3-4-16(2)13-24/h5-6,12,16H,3-4,7-11,13-14H2,1-2H3,(H,23,28)/t16-,22+/m1/s1. The quantitative estimate of drug-likeness (QED) is 0.826. The van der Waals surface area contributed by atoms with Crippen LogP contribution in [0.15, 0.2) is 18.2 Å². The van der Waals surface area contributed by atoms with E-state index in [-0.39, 0.29) is 30.7 Å². The van der Waals surface area contributed by atoms with Crippen LogP contribution < -0.4 is 10.1 Å². The molecule has 1 aromatic rings. The average Bonchev–Trinajstić information content (AvgIpc) is 2.83. The van der Waals surface area contributed by atoms with Gasteiger partial charge < -0.3 is 19.9 Å². The molecule has 0 bridgehead atoms. The highest BCUT2D eigenvalue weighted by molar-refractivity contribution is 5.98. The van der Waals surface area contributed by atoms with E-state index in [2.05, 4.69) is 12.2 Å². The zero-order valence-electron chi connectivity index (χ0n) is 17.2. The molecular formula is C22H29N3O4. The molecule has 3 aliphatic heterocycles. The largest absolute Gasteiger partial charge is 0.467 e. The van der Waals surface area contributed by atoms with Crippen LogP contribution in [0.3, 0.4) is 0 Å². The highest BCUT2D eigenvalue weighted by Crippen LogP contribution is 2.34. The van der Waals surface area contributed by atoms with E-state index in [0.29, 0.717) is 36.6 Å². The summed E-state index contributed by atoms with van der Waals surface area (Å²) < 4.78 is 6.19. The van der Waals surface area contributed by atoms with Crippen molar-refractivity contribution in [3.8, 4) is 5.75 Å². The molecule has 3 amide bonds. The number of benzene rings is 1. The Kier molecular flexibility index (Phi) is 5.23. The Labute approximate surface area is 171 Å². The van der Waals surface area contributed by atoms with Crippen LogP contribution in [0.25, 0.3) is 0 Å². The van der Waals surface area contributed by atoms with Gasteiger partial charge in [0, 0.05) is 38.9 Å². The third-order valence-corrected chi connectivity index (χ3v) is 6.24. The van der Waals surface area contributed by atoms with Crippen molar-refractivity contribution in [2.24, 2.45) is 5.92 Å². The molecule has 2 fully saturated rings. The van der Waals surface area contributed by atoms with E-state index in [1.54, 1.807) is 4.90 Å². The van der Waals surface area contributed by atoms with Gasteiger partial charge in [-0.15, -0.1) is 0 Å². The number of likely N-dealkylation sites (tertiary alicyclic amines) is 2. The minimum atomic E-state index is -0.896. The number of hydrogen-bond acceptors (Lipinski definition) is 4. The molecule has 1 aromatic carbocycles. The van der Waals surface area contributed by atoms with Gasteiger partial charge in [0.15, 0.2) is 5.72 Å². The summed E-state index contributed by atoms with van der Waals surface area (Å²) in [7, 11) is 0. The number of aryl methyl sites for hydroxylation is 1. The number of fused-ring (bicyclic) bond motifs is 1. The predicted molar refractivity (Wildman–Crippen MR) is 107 cm³/mol. The second kappa shape index (κ2) is 7.69. The fourth-order valence-corrected chi connectivity index (χ4v) is 4.53. The van der Waals surface area contributed by atoms with Crippen molar-refractivity contribution in [1.29, 1.82) is 0 Å². The summed E-state index contributed by atoms with van der Waals surface area (Å²) in [6.45, 7) is 6.11. The number of nitrogens with zero attached hydrogens (tertiary/aromatic N) is 2. The van der Waals surface area contributed by atoms with Crippen molar-refractivity contribution < 1.29 is 19.1 Å². The predicted octanol–water partition coefficient (Wildman–Crippen LogP) is 2.08. The first kappa shape index (κ1) is 19.7. The summed E-state index contributed by atoms with van der Waals surface area (Å²) in [5, 5.41) is 2.98. The summed E-state index contributed by atoms with van der Waals surface area (Å²) in [4.78, 5) is 41.5. The van der Waals surface area contributed by atoms with Gasteiger partial charge in [0.05, 0.1) is 12.1 Å². The smallest absolute Gasteiger partial charge is 0.258 e. The molecule has 1 spiro atoms. The van der Waals surface area contributed by atoms with Gasteiger partial charge in [-0.25, -0.2) is 0 Å².